The van der Waals surface area contributed by atoms with Gasteiger partial charge in [0.1, 0.15) is 0 Å². The zero-order chi connectivity index (χ0) is 12.3. The van der Waals surface area contributed by atoms with Crippen LogP contribution in [0.2, 0.25) is 0 Å². The molecule has 1 saturated carbocycles. The maximum atomic E-state index is 13.6. The van der Waals surface area contributed by atoms with Gasteiger partial charge in [-0.2, -0.15) is 5.26 Å². The first-order chi connectivity index (χ1) is 8.21. The molecule has 1 fully saturated rings. The fraction of sp³-hybridized carbons (Fsp3) is 0.462. The van der Waals surface area contributed by atoms with Gasteiger partial charge in [0.05, 0.1) is 18.6 Å². The van der Waals surface area contributed by atoms with Crippen LogP contribution in [0, 0.1) is 22.6 Å². The van der Waals surface area contributed by atoms with Crippen molar-refractivity contribution in [3.05, 3.63) is 29.6 Å². The first-order valence-electron chi connectivity index (χ1n) is 5.54. The van der Waals surface area contributed by atoms with Gasteiger partial charge >= 0.3 is 0 Å². The van der Waals surface area contributed by atoms with E-state index in [0.717, 1.165) is 12.8 Å². The van der Waals surface area contributed by atoms with E-state index in [9.17, 15) is 4.39 Å². The van der Waals surface area contributed by atoms with Gasteiger partial charge in [-0.05, 0) is 18.9 Å². The van der Waals surface area contributed by atoms with Crippen molar-refractivity contribution in [2.24, 2.45) is 5.41 Å². The molecule has 4 heteroatoms. The average Bonchev–Trinajstić information content (AvgIpc) is 3.08. The molecule has 0 aromatic heterocycles. The van der Waals surface area contributed by atoms with Crippen molar-refractivity contribution in [3.63, 3.8) is 0 Å². The Morgan fingerprint density at radius 1 is 1.47 bits per heavy atom. The lowest BCUT2D eigenvalue weighted by atomic mass is 10.1. The second kappa shape index (κ2) is 4.93. The summed E-state index contributed by atoms with van der Waals surface area (Å²) in [5, 5.41) is 8.69. The van der Waals surface area contributed by atoms with Gasteiger partial charge in [0.25, 0.3) is 0 Å². The van der Waals surface area contributed by atoms with Crippen LogP contribution in [0.4, 0.5) is 4.39 Å². The van der Waals surface area contributed by atoms with Gasteiger partial charge in [-0.25, -0.2) is 4.39 Å². The summed E-state index contributed by atoms with van der Waals surface area (Å²) in [6.07, 6.45) is 2.42. The van der Waals surface area contributed by atoms with Crippen LogP contribution >= 0.6 is 11.6 Å². The van der Waals surface area contributed by atoms with Gasteiger partial charge < -0.3 is 4.74 Å². The Morgan fingerprint density at radius 2 is 2.24 bits per heavy atom. The lowest BCUT2D eigenvalue weighted by molar-refractivity contribution is 0.226. The summed E-state index contributed by atoms with van der Waals surface area (Å²) >= 11 is 5.73. The largest absolute Gasteiger partial charge is 0.490 e. The Balaban J connectivity index is 2.07. The summed E-state index contributed by atoms with van der Waals surface area (Å²) in [7, 11) is 0. The molecule has 0 heterocycles. The number of rotatable bonds is 5. The van der Waals surface area contributed by atoms with Crippen molar-refractivity contribution in [3.8, 4) is 11.8 Å². The molecule has 2 rings (SSSR count). The van der Waals surface area contributed by atoms with E-state index >= 15 is 0 Å². The van der Waals surface area contributed by atoms with Crippen molar-refractivity contribution in [1.82, 2.24) is 0 Å². The van der Waals surface area contributed by atoms with Gasteiger partial charge in [-0.1, -0.05) is 12.1 Å². The number of nitrogens with zero attached hydrogens (tertiary/aromatic N) is 1. The molecule has 0 N–H and O–H groups in total. The predicted molar refractivity (Wildman–Crippen MR) is 63.3 cm³/mol. The molecule has 0 radical (unpaired) electrons. The quantitative estimate of drug-likeness (QED) is 0.751. The zero-order valence-corrected chi connectivity index (χ0v) is 10.1. The zero-order valence-electron chi connectivity index (χ0n) is 9.38. The number of benzene rings is 1. The first-order valence-corrected chi connectivity index (χ1v) is 6.07. The Kier molecular flexibility index (Phi) is 3.54. The second-order valence-corrected chi connectivity index (χ2v) is 4.75. The van der Waals surface area contributed by atoms with Crippen LogP contribution in [0.15, 0.2) is 18.2 Å². The first kappa shape index (κ1) is 12.2. The molecule has 1 aliphatic rings. The van der Waals surface area contributed by atoms with Crippen molar-refractivity contribution >= 4 is 11.6 Å². The molecular formula is C13H13ClFNO. The minimum absolute atomic E-state index is 0.0549. The lowest BCUT2D eigenvalue weighted by Gasteiger charge is -2.15. The summed E-state index contributed by atoms with van der Waals surface area (Å²) in [4.78, 5) is 0. The summed E-state index contributed by atoms with van der Waals surface area (Å²) in [6.45, 7) is 0.394. The smallest absolute Gasteiger partial charge is 0.165 e. The van der Waals surface area contributed by atoms with Crippen LogP contribution in [0.5, 0.6) is 5.75 Å². The van der Waals surface area contributed by atoms with Crippen LogP contribution in [0.1, 0.15) is 24.8 Å². The van der Waals surface area contributed by atoms with Gasteiger partial charge in [0.15, 0.2) is 11.6 Å². The molecule has 1 aromatic carbocycles. The number of halogens is 2. The monoisotopic (exact) mass is 253 g/mol. The van der Waals surface area contributed by atoms with Crippen LogP contribution in [0.3, 0.4) is 0 Å². The number of alkyl halides is 1. The summed E-state index contributed by atoms with van der Waals surface area (Å²) < 4.78 is 19.1. The van der Waals surface area contributed by atoms with Gasteiger partial charge in [-0.3, -0.25) is 0 Å². The predicted octanol–water partition coefficient (Wildman–Crippen LogP) is 3.64. The third kappa shape index (κ3) is 2.70. The molecule has 0 bridgehead atoms. The molecular weight excluding hydrogens is 241 g/mol. The standard InChI is InChI=1S/C13H13ClFNO/c14-8-10-2-1-3-11(15)12(10)17-9-13(4-5-13)6-7-16/h1-3H,4-6,8-9H2. The fourth-order valence-electron chi connectivity index (χ4n) is 1.76. The average molecular weight is 254 g/mol. The van der Waals surface area contributed by atoms with Crippen molar-refractivity contribution in [2.75, 3.05) is 6.61 Å². The van der Waals surface area contributed by atoms with Crippen LogP contribution in [0.25, 0.3) is 0 Å². The lowest BCUT2D eigenvalue weighted by Crippen LogP contribution is -2.13. The molecule has 0 amide bonds. The number of nitriles is 1. The summed E-state index contributed by atoms with van der Waals surface area (Å²) in [6, 6.07) is 6.87. The third-order valence-electron chi connectivity index (χ3n) is 3.13. The summed E-state index contributed by atoms with van der Waals surface area (Å²) in [5.41, 5.74) is 0.597. The molecule has 1 aromatic rings. The highest BCUT2D eigenvalue weighted by atomic mass is 35.5. The highest BCUT2D eigenvalue weighted by Gasteiger charge is 2.43. The highest BCUT2D eigenvalue weighted by Crippen LogP contribution is 2.49. The molecule has 90 valence electrons. The SMILES string of the molecule is N#CCC1(COc2c(F)cccc2CCl)CC1. The van der Waals surface area contributed by atoms with E-state index in [0.29, 0.717) is 18.6 Å². The van der Waals surface area contributed by atoms with E-state index in [4.69, 9.17) is 21.6 Å². The van der Waals surface area contributed by atoms with Crippen molar-refractivity contribution < 1.29 is 9.13 Å². The minimum atomic E-state index is -0.393. The van der Waals surface area contributed by atoms with E-state index in [1.54, 1.807) is 12.1 Å². The topological polar surface area (TPSA) is 33.0 Å². The second-order valence-electron chi connectivity index (χ2n) is 4.49. The van der Waals surface area contributed by atoms with Crippen LogP contribution < -0.4 is 4.74 Å². The maximum Gasteiger partial charge on any atom is 0.165 e. The molecule has 1 aliphatic carbocycles. The van der Waals surface area contributed by atoms with Gasteiger partial charge in [0.2, 0.25) is 0 Å². The molecule has 17 heavy (non-hydrogen) atoms. The van der Waals surface area contributed by atoms with E-state index in [1.807, 2.05) is 0 Å². The molecule has 0 aliphatic heterocycles. The normalized spacial score (nSPS) is 16.3. The molecule has 0 unspecified atom stereocenters. The summed E-state index contributed by atoms with van der Waals surface area (Å²) in [5.74, 6) is 0.0563. The number of para-hydroxylation sites is 1. The molecule has 2 nitrogen and oxygen atoms in total. The Bertz CT molecular complexity index is 451. The minimum Gasteiger partial charge on any atom is -0.490 e. The highest BCUT2D eigenvalue weighted by molar-refractivity contribution is 6.17. The van der Waals surface area contributed by atoms with E-state index in [2.05, 4.69) is 6.07 Å². The maximum absolute atomic E-state index is 13.6. The van der Waals surface area contributed by atoms with Crippen molar-refractivity contribution in [1.29, 1.82) is 5.26 Å². The number of hydrogen-bond acceptors (Lipinski definition) is 2. The van der Waals surface area contributed by atoms with E-state index < -0.39 is 5.82 Å². The Labute approximate surface area is 105 Å². The van der Waals surface area contributed by atoms with E-state index in [-0.39, 0.29) is 17.0 Å². The molecule has 0 spiro atoms. The Morgan fingerprint density at radius 3 is 2.82 bits per heavy atom. The van der Waals surface area contributed by atoms with Crippen molar-refractivity contribution in [2.45, 2.75) is 25.1 Å². The van der Waals surface area contributed by atoms with E-state index in [1.165, 1.54) is 6.07 Å². The number of ether oxygens (including phenoxy) is 1. The number of hydrogen-bond donors (Lipinski definition) is 0. The van der Waals surface area contributed by atoms with Crippen LogP contribution in [-0.4, -0.2) is 6.61 Å². The van der Waals surface area contributed by atoms with Gasteiger partial charge in [-0.15, -0.1) is 11.6 Å². The molecule has 0 saturated heterocycles. The van der Waals surface area contributed by atoms with Gasteiger partial charge in [0, 0.05) is 17.4 Å². The molecule has 0 atom stereocenters. The third-order valence-corrected chi connectivity index (χ3v) is 3.41. The Hall–Kier alpha value is -1.27. The fourth-order valence-corrected chi connectivity index (χ4v) is 1.97. The van der Waals surface area contributed by atoms with Crippen LogP contribution in [-0.2, 0) is 5.88 Å².